The number of rotatable bonds is 5. The molecule has 1 heterocycles. The highest BCUT2D eigenvalue weighted by Gasteiger charge is 2.31. The Morgan fingerprint density at radius 2 is 1.93 bits per heavy atom. The second-order valence-corrected chi connectivity index (χ2v) is 7.07. The third-order valence-electron chi connectivity index (χ3n) is 4.01. The molecule has 2 amide bonds. The third-order valence-corrected chi connectivity index (χ3v) is 5.01. The molecule has 27 heavy (non-hydrogen) atoms. The minimum atomic E-state index is -0.592. The molecule has 0 radical (unpaired) electrons. The first kappa shape index (κ1) is 19.0. The van der Waals surface area contributed by atoms with Crippen molar-refractivity contribution in [1.82, 2.24) is 10.6 Å². The summed E-state index contributed by atoms with van der Waals surface area (Å²) >= 11 is 1.43. The van der Waals surface area contributed by atoms with Gasteiger partial charge in [-0.1, -0.05) is 30.0 Å². The predicted molar refractivity (Wildman–Crippen MR) is 101 cm³/mol. The van der Waals surface area contributed by atoms with Crippen molar-refractivity contribution >= 4 is 23.8 Å². The summed E-state index contributed by atoms with van der Waals surface area (Å²) in [5.41, 5.74) is 1.61. The Kier molecular flexibility index (Phi) is 5.81. The van der Waals surface area contributed by atoms with Crippen molar-refractivity contribution in [1.29, 1.82) is 0 Å². The predicted octanol–water partition coefficient (Wildman–Crippen LogP) is 4.17. The van der Waals surface area contributed by atoms with E-state index in [1.54, 1.807) is 19.9 Å². The van der Waals surface area contributed by atoms with Gasteiger partial charge in [-0.2, -0.15) is 0 Å². The summed E-state index contributed by atoms with van der Waals surface area (Å²) in [6.07, 6.45) is 0. The first-order chi connectivity index (χ1) is 13.0. The van der Waals surface area contributed by atoms with Crippen LogP contribution in [0.3, 0.4) is 0 Å². The Hall–Kier alpha value is -2.80. The minimum Gasteiger partial charge on any atom is -0.463 e. The molecule has 1 atom stereocenters. The van der Waals surface area contributed by atoms with Crippen LogP contribution in [0.25, 0.3) is 0 Å². The number of hydrogen-bond acceptors (Lipinski definition) is 4. The maximum absolute atomic E-state index is 13.3. The highest BCUT2D eigenvalue weighted by Crippen LogP contribution is 2.32. The Morgan fingerprint density at radius 3 is 2.59 bits per heavy atom. The maximum atomic E-state index is 13.3. The molecule has 0 saturated carbocycles. The number of amides is 2. The van der Waals surface area contributed by atoms with Gasteiger partial charge in [0.1, 0.15) is 5.82 Å². The zero-order valence-electron chi connectivity index (χ0n) is 14.9. The van der Waals surface area contributed by atoms with Crippen LogP contribution < -0.4 is 10.6 Å². The van der Waals surface area contributed by atoms with Crippen molar-refractivity contribution in [2.45, 2.75) is 29.7 Å². The summed E-state index contributed by atoms with van der Waals surface area (Å²) < 4.78 is 18.4. The molecule has 1 unspecified atom stereocenters. The van der Waals surface area contributed by atoms with Gasteiger partial charge in [-0.15, -0.1) is 0 Å². The molecular weight excluding hydrogens is 367 g/mol. The molecule has 1 aliphatic heterocycles. The third kappa shape index (κ3) is 4.49. The molecule has 5 nitrogen and oxygen atoms in total. The summed E-state index contributed by atoms with van der Waals surface area (Å²) in [6, 6.07) is 12.8. The molecule has 3 rings (SSSR count). The van der Waals surface area contributed by atoms with E-state index < -0.39 is 12.0 Å². The summed E-state index contributed by atoms with van der Waals surface area (Å²) in [5, 5.41) is 5.37. The van der Waals surface area contributed by atoms with Crippen LogP contribution >= 0.6 is 11.8 Å². The topological polar surface area (TPSA) is 67.4 Å². The summed E-state index contributed by atoms with van der Waals surface area (Å²) in [5.74, 6) is -0.751. The van der Waals surface area contributed by atoms with E-state index >= 15 is 0 Å². The highest BCUT2D eigenvalue weighted by molar-refractivity contribution is 7.99. The molecule has 0 aliphatic carbocycles. The number of carbonyl (C=O) groups is 2. The van der Waals surface area contributed by atoms with E-state index in [0.29, 0.717) is 11.3 Å². The second kappa shape index (κ2) is 8.26. The molecular formula is C20H19FN2O3S. The van der Waals surface area contributed by atoms with Gasteiger partial charge in [0, 0.05) is 15.5 Å². The van der Waals surface area contributed by atoms with Crippen molar-refractivity contribution in [3.63, 3.8) is 0 Å². The van der Waals surface area contributed by atoms with Crippen LogP contribution in [0.1, 0.15) is 25.5 Å². The molecule has 7 heteroatoms. The Labute approximate surface area is 161 Å². The average Bonchev–Trinajstić information content (AvgIpc) is 2.62. The van der Waals surface area contributed by atoms with Crippen molar-refractivity contribution in [3.8, 4) is 0 Å². The van der Waals surface area contributed by atoms with E-state index in [-0.39, 0.29) is 18.5 Å². The lowest BCUT2D eigenvalue weighted by atomic mass is 9.96. The summed E-state index contributed by atoms with van der Waals surface area (Å²) in [6.45, 7) is 3.65. The van der Waals surface area contributed by atoms with E-state index in [0.717, 1.165) is 15.4 Å². The van der Waals surface area contributed by atoms with Gasteiger partial charge in [-0.05, 0) is 49.7 Å². The zero-order chi connectivity index (χ0) is 19.4. The van der Waals surface area contributed by atoms with Gasteiger partial charge in [-0.25, -0.2) is 14.0 Å². The molecule has 0 spiro atoms. The SMILES string of the molecule is CCOC(=O)C1=C(C)NC(=O)NC1c1ccc(Sc2cccc(F)c2)cc1. The molecule has 1 aliphatic rings. The first-order valence-corrected chi connectivity index (χ1v) is 9.28. The largest absolute Gasteiger partial charge is 0.463 e. The van der Waals surface area contributed by atoms with Crippen LogP contribution in [0.5, 0.6) is 0 Å². The van der Waals surface area contributed by atoms with Crippen LogP contribution in [-0.4, -0.2) is 18.6 Å². The van der Waals surface area contributed by atoms with Gasteiger partial charge in [0.2, 0.25) is 0 Å². The van der Waals surface area contributed by atoms with E-state index in [9.17, 15) is 14.0 Å². The lowest BCUT2D eigenvalue weighted by Gasteiger charge is -2.28. The lowest BCUT2D eigenvalue weighted by Crippen LogP contribution is -2.45. The van der Waals surface area contributed by atoms with Crippen LogP contribution in [0.4, 0.5) is 9.18 Å². The number of ether oxygens (including phenoxy) is 1. The average molecular weight is 386 g/mol. The van der Waals surface area contributed by atoms with Crippen molar-refractivity contribution in [2.75, 3.05) is 6.61 Å². The van der Waals surface area contributed by atoms with Gasteiger partial charge in [-0.3, -0.25) is 0 Å². The second-order valence-electron chi connectivity index (χ2n) is 5.92. The van der Waals surface area contributed by atoms with E-state index in [1.165, 1.54) is 23.9 Å². The summed E-state index contributed by atoms with van der Waals surface area (Å²) in [4.78, 5) is 25.9. The van der Waals surface area contributed by atoms with E-state index in [1.807, 2.05) is 30.3 Å². The fourth-order valence-corrected chi connectivity index (χ4v) is 3.68. The first-order valence-electron chi connectivity index (χ1n) is 8.46. The fourth-order valence-electron chi connectivity index (χ4n) is 2.82. The number of urea groups is 1. The van der Waals surface area contributed by atoms with Crippen LogP contribution in [0.2, 0.25) is 0 Å². The van der Waals surface area contributed by atoms with Crippen molar-refractivity contribution in [3.05, 3.63) is 71.2 Å². The number of carbonyl (C=O) groups excluding carboxylic acids is 2. The number of allylic oxidation sites excluding steroid dienone is 1. The molecule has 2 aromatic carbocycles. The Balaban J connectivity index is 1.85. The monoisotopic (exact) mass is 386 g/mol. The number of nitrogens with one attached hydrogen (secondary N) is 2. The molecule has 0 saturated heterocycles. The molecule has 0 bridgehead atoms. The number of esters is 1. The van der Waals surface area contributed by atoms with Gasteiger partial charge in [0.25, 0.3) is 0 Å². The van der Waals surface area contributed by atoms with Gasteiger partial charge in [0.15, 0.2) is 0 Å². The van der Waals surface area contributed by atoms with Gasteiger partial charge in [0.05, 0.1) is 18.2 Å². The molecule has 140 valence electrons. The summed E-state index contributed by atoms with van der Waals surface area (Å²) in [7, 11) is 0. The zero-order valence-corrected chi connectivity index (χ0v) is 15.7. The Bertz CT molecular complexity index is 896. The molecule has 0 fully saturated rings. The van der Waals surface area contributed by atoms with E-state index in [4.69, 9.17) is 4.74 Å². The molecule has 0 aromatic heterocycles. The standard InChI is InChI=1S/C20H19FN2O3S/c1-3-26-19(24)17-12(2)22-20(25)23-18(17)13-7-9-15(10-8-13)27-16-6-4-5-14(21)11-16/h4-11,18H,3H2,1-2H3,(H2,22,23,25). The number of benzene rings is 2. The van der Waals surface area contributed by atoms with Crippen molar-refractivity contribution < 1.29 is 18.7 Å². The van der Waals surface area contributed by atoms with E-state index in [2.05, 4.69) is 10.6 Å². The van der Waals surface area contributed by atoms with Crippen molar-refractivity contribution in [2.24, 2.45) is 0 Å². The number of halogens is 1. The molecule has 2 N–H and O–H groups in total. The lowest BCUT2D eigenvalue weighted by molar-refractivity contribution is -0.139. The maximum Gasteiger partial charge on any atom is 0.338 e. The fraction of sp³-hybridized carbons (Fsp3) is 0.200. The smallest absolute Gasteiger partial charge is 0.338 e. The molecule has 2 aromatic rings. The van der Waals surface area contributed by atoms with Crippen LogP contribution in [0, 0.1) is 5.82 Å². The van der Waals surface area contributed by atoms with Crippen LogP contribution in [0.15, 0.2) is 69.6 Å². The van der Waals surface area contributed by atoms with Gasteiger partial charge < -0.3 is 15.4 Å². The number of hydrogen-bond donors (Lipinski definition) is 2. The minimum absolute atomic E-state index is 0.249. The highest BCUT2D eigenvalue weighted by atomic mass is 32.2. The quantitative estimate of drug-likeness (QED) is 0.757. The Morgan fingerprint density at radius 1 is 1.19 bits per heavy atom. The van der Waals surface area contributed by atoms with Crippen LogP contribution in [-0.2, 0) is 9.53 Å². The normalized spacial score (nSPS) is 16.6. The van der Waals surface area contributed by atoms with Gasteiger partial charge >= 0.3 is 12.0 Å².